The fraction of sp³-hybridized carbons (Fsp3) is 0.833. The first-order valence-corrected chi connectivity index (χ1v) is 4.68. The van der Waals surface area contributed by atoms with E-state index in [4.69, 9.17) is 27.6 Å². The zero-order valence-corrected chi connectivity index (χ0v) is 9.18. The molecule has 0 amide bonds. The molecule has 0 saturated carbocycles. The third-order valence-electron chi connectivity index (χ3n) is 1.49. The summed E-state index contributed by atoms with van der Waals surface area (Å²) in [5, 5.41) is 13.9. The third kappa shape index (κ3) is 16.7. The largest absolute Gasteiger partial charge is 0.480 e. The lowest BCUT2D eigenvalue weighted by atomic mass is 10.1. The average molecular weight is 241 g/mol. The van der Waals surface area contributed by atoms with Gasteiger partial charge >= 0.3 is 13.5 Å². The van der Waals surface area contributed by atoms with Crippen molar-refractivity contribution in [2.24, 2.45) is 21.5 Å². The van der Waals surface area contributed by atoms with Crippen molar-refractivity contribution in [2.45, 2.75) is 25.3 Å². The van der Waals surface area contributed by atoms with E-state index in [0.717, 1.165) is 20.4 Å². The highest BCUT2D eigenvalue weighted by molar-refractivity contribution is 6.30. The molecule has 0 rings (SSSR count). The van der Waals surface area contributed by atoms with Gasteiger partial charge in [0.1, 0.15) is 6.04 Å². The minimum Gasteiger partial charge on any atom is -0.480 e. The molecule has 1 atom stereocenters. The number of azide groups is 1. The number of carbonyl (C=O) groups is 1. The van der Waals surface area contributed by atoms with Crippen LogP contribution in [-0.2, 0) is 4.79 Å². The molecule has 11 heteroatoms. The van der Waals surface area contributed by atoms with E-state index in [9.17, 15) is 4.79 Å². The molecule has 0 heterocycles. The summed E-state index contributed by atoms with van der Waals surface area (Å²) in [6.07, 6.45) is 2.16. The van der Waals surface area contributed by atoms with Crippen LogP contribution in [0, 0.1) is 0 Å². The maximum absolute atomic E-state index is 10.1. The summed E-state index contributed by atoms with van der Waals surface area (Å²) in [5.41, 5.74) is 25.5. The Morgan fingerprint density at radius 1 is 1.35 bits per heavy atom. The molecule has 1 radical (unpaired) electrons. The van der Waals surface area contributed by atoms with E-state index in [1.807, 2.05) is 0 Å². The summed E-state index contributed by atoms with van der Waals surface area (Å²) in [6.45, 7) is 0.604. The second-order valence-corrected chi connectivity index (χ2v) is 2.75. The van der Waals surface area contributed by atoms with Crippen LogP contribution in [0.3, 0.4) is 0 Å². The van der Waals surface area contributed by atoms with Crippen LogP contribution >= 0.6 is 0 Å². The Kier molecular flexibility index (Phi) is 14.5. The van der Waals surface area contributed by atoms with E-state index in [0.29, 0.717) is 13.0 Å². The Hall–Kier alpha value is -1.93. The molecule has 0 aliphatic heterocycles. The predicted molar refractivity (Wildman–Crippen MR) is 62.6 cm³/mol. The summed E-state index contributed by atoms with van der Waals surface area (Å²) in [4.78, 5) is 14.7. The number of nitrogens with zero attached hydrogens (tertiary/aromatic N) is 6. The van der Waals surface area contributed by atoms with Crippen molar-refractivity contribution in [3.63, 3.8) is 0 Å². The number of carboxylic acid groups (broad SMARTS) is 1. The summed E-state index contributed by atoms with van der Waals surface area (Å²) >= 11 is 0. The van der Waals surface area contributed by atoms with Gasteiger partial charge in [-0.1, -0.05) is 6.42 Å². The van der Waals surface area contributed by atoms with Crippen molar-refractivity contribution < 1.29 is 9.90 Å². The molecule has 93 valence electrons. The van der Waals surface area contributed by atoms with E-state index < -0.39 is 12.0 Å². The van der Waals surface area contributed by atoms with Gasteiger partial charge in [0.05, 0.1) is 0 Å². The van der Waals surface area contributed by atoms with Gasteiger partial charge in [0, 0.05) is 0 Å². The molecule has 0 unspecified atom stereocenters. The molecule has 0 aromatic rings. The predicted octanol–water partition coefficient (Wildman–Crippen LogP) is 0.669. The Balaban J connectivity index is 0. The van der Waals surface area contributed by atoms with Crippen LogP contribution in [0.2, 0.25) is 0 Å². The van der Waals surface area contributed by atoms with Crippen molar-refractivity contribution in [3.05, 3.63) is 20.9 Å². The van der Waals surface area contributed by atoms with Crippen molar-refractivity contribution in [1.82, 2.24) is 0 Å². The summed E-state index contributed by atoms with van der Waals surface area (Å²) in [5.74, 6) is -0.933. The third-order valence-corrected chi connectivity index (χ3v) is 1.49. The highest BCUT2D eigenvalue weighted by Gasteiger charge is 2.09. The Labute approximate surface area is 98.5 Å². The SMILES string of the molecule is NCCCC[C@H](N)C(=O)O.[N-]=[N+]=N[B]N=[N+]=[N-]. The standard InChI is InChI=1S/C6H14N2O2.BN6/c7-4-2-1-3-5(8)6(9)10;2-6-4-1-5-7-3/h5H,1-4,7-8H2,(H,9,10);/t5-;/m0./s1. The quantitative estimate of drug-likeness (QED) is 0.194. The van der Waals surface area contributed by atoms with E-state index in [-0.39, 0.29) is 0 Å². The number of carboxylic acids is 1. The highest BCUT2D eigenvalue weighted by atomic mass is 16.4. The molecule has 0 aromatic carbocycles. The van der Waals surface area contributed by atoms with Crippen LogP contribution in [0.5, 0.6) is 0 Å². The minimum atomic E-state index is -0.933. The van der Waals surface area contributed by atoms with E-state index >= 15 is 0 Å². The lowest BCUT2D eigenvalue weighted by molar-refractivity contribution is -0.138. The molecule has 0 bridgehead atoms. The molecule has 0 saturated heterocycles. The minimum absolute atomic E-state index is 0.520. The summed E-state index contributed by atoms with van der Waals surface area (Å²) in [7, 11) is 0.778. The first-order chi connectivity index (χ1) is 8.09. The maximum Gasteiger partial charge on any atom is 0.325 e. The lowest BCUT2D eigenvalue weighted by Crippen LogP contribution is -2.29. The number of hydrogen-bond acceptors (Lipinski definition) is 5. The molecule has 0 fully saturated rings. The van der Waals surface area contributed by atoms with Gasteiger partial charge in [-0.25, -0.2) is 0 Å². The summed E-state index contributed by atoms with van der Waals surface area (Å²) in [6, 6.07) is -0.716. The lowest BCUT2D eigenvalue weighted by Gasteiger charge is -2.03. The van der Waals surface area contributed by atoms with Gasteiger partial charge < -0.3 is 16.6 Å². The molecule has 17 heavy (non-hydrogen) atoms. The Bertz CT molecular complexity index is 282. The first kappa shape index (κ1) is 17.5. The fourth-order valence-corrected chi connectivity index (χ4v) is 0.701. The fourth-order valence-electron chi connectivity index (χ4n) is 0.701. The van der Waals surface area contributed by atoms with Crippen LogP contribution in [0.4, 0.5) is 0 Å². The molecule has 10 nitrogen and oxygen atoms in total. The number of nitrogens with two attached hydrogens (primary N) is 2. The van der Waals surface area contributed by atoms with Gasteiger partial charge in [-0.15, -0.1) is 10.1 Å². The van der Waals surface area contributed by atoms with Crippen LogP contribution in [0.15, 0.2) is 10.1 Å². The van der Waals surface area contributed by atoms with Gasteiger partial charge in [-0.3, -0.25) is 4.79 Å². The van der Waals surface area contributed by atoms with Crippen molar-refractivity contribution in [1.29, 1.82) is 0 Å². The molecule has 0 aromatic heterocycles. The molecule has 0 aliphatic rings. The van der Waals surface area contributed by atoms with E-state index in [2.05, 4.69) is 19.9 Å². The van der Waals surface area contributed by atoms with Crippen LogP contribution in [0.25, 0.3) is 20.9 Å². The number of aliphatic carboxylic acids is 1. The van der Waals surface area contributed by atoms with E-state index in [1.54, 1.807) is 0 Å². The number of unbranched alkanes of at least 4 members (excludes halogenated alkanes) is 1. The van der Waals surface area contributed by atoms with Gasteiger partial charge in [-0.2, -0.15) is 0 Å². The highest BCUT2D eigenvalue weighted by Crippen LogP contribution is 1.96. The second-order valence-electron chi connectivity index (χ2n) is 2.75. The zero-order chi connectivity index (χ0) is 13.5. The Morgan fingerprint density at radius 2 is 1.88 bits per heavy atom. The monoisotopic (exact) mass is 241 g/mol. The van der Waals surface area contributed by atoms with Gasteiger partial charge in [0.2, 0.25) is 0 Å². The van der Waals surface area contributed by atoms with Crippen LogP contribution in [-0.4, -0.2) is 31.2 Å². The zero-order valence-electron chi connectivity index (χ0n) is 9.18. The smallest absolute Gasteiger partial charge is 0.325 e. The normalized spacial score (nSPS) is 9.76. The molecule has 5 N–H and O–H groups in total. The van der Waals surface area contributed by atoms with Crippen molar-refractivity contribution in [3.8, 4) is 0 Å². The van der Waals surface area contributed by atoms with Gasteiger partial charge in [-0.05, 0) is 40.3 Å². The van der Waals surface area contributed by atoms with Crippen molar-refractivity contribution in [2.75, 3.05) is 6.54 Å². The number of hydrogen-bond donors (Lipinski definition) is 3. The molecular weight excluding hydrogens is 227 g/mol. The first-order valence-electron chi connectivity index (χ1n) is 4.68. The topological polar surface area (TPSA) is 187 Å². The van der Waals surface area contributed by atoms with Crippen LogP contribution < -0.4 is 11.5 Å². The maximum atomic E-state index is 10.1. The van der Waals surface area contributed by atoms with Crippen LogP contribution in [0.1, 0.15) is 19.3 Å². The molecule has 0 spiro atoms. The van der Waals surface area contributed by atoms with E-state index in [1.165, 1.54) is 0 Å². The average Bonchev–Trinajstić information content (AvgIpc) is 2.30. The second kappa shape index (κ2) is 14.1. The number of rotatable bonds is 7. The summed E-state index contributed by atoms with van der Waals surface area (Å²) < 4.78 is 0. The Morgan fingerprint density at radius 3 is 2.24 bits per heavy atom. The van der Waals surface area contributed by atoms with Crippen molar-refractivity contribution >= 4 is 13.5 Å². The van der Waals surface area contributed by atoms with Gasteiger partial charge in [0.15, 0.2) is 0 Å². The molecular formula is C6H14BN8O2. The molecule has 0 aliphatic carbocycles. The van der Waals surface area contributed by atoms with Gasteiger partial charge in [0.25, 0.3) is 0 Å².